The van der Waals surface area contributed by atoms with E-state index in [9.17, 15) is 4.39 Å². The molecule has 2 N–H and O–H groups in total. The van der Waals surface area contributed by atoms with Gasteiger partial charge in [0.05, 0.1) is 5.69 Å². The fraction of sp³-hybridized carbons (Fsp3) is 0.576. The van der Waals surface area contributed by atoms with E-state index in [1.54, 1.807) is 11.6 Å². The largest absolute Gasteiger partial charge is 0.381 e. The van der Waals surface area contributed by atoms with Crippen molar-refractivity contribution in [1.29, 1.82) is 0 Å². The Hall–Kier alpha value is -2.53. The molecular formula is C33H50FN3O. The number of benzene rings is 2. The molecule has 0 unspecified atom stereocenters. The van der Waals surface area contributed by atoms with E-state index in [-0.39, 0.29) is 7.24 Å². The number of nitrogens with one attached hydrogen (secondary N) is 2. The Kier molecular flexibility index (Phi) is 10.5. The highest BCUT2D eigenvalue weighted by molar-refractivity contribution is 5.81. The smallest absolute Gasteiger partial charge is 0.146 e. The zero-order chi connectivity index (χ0) is 26.9. The molecule has 2 aliphatic heterocycles. The maximum absolute atomic E-state index is 13.8. The second-order valence-electron chi connectivity index (χ2n) is 11.1. The number of aryl methyl sites for hydroxylation is 2. The van der Waals surface area contributed by atoms with Gasteiger partial charge >= 0.3 is 0 Å². The second-order valence-corrected chi connectivity index (χ2v) is 11.1. The molecule has 5 rings (SSSR count). The van der Waals surface area contributed by atoms with Crippen molar-refractivity contribution in [3.8, 4) is 0 Å². The molecule has 0 bridgehead atoms. The fourth-order valence-electron chi connectivity index (χ4n) is 6.28. The first kappa shape index (κ1) is 28.5. The van der Waals surface area contributed by atoms with Crippen molar-refractivity contribution in [2.45, 2.75) is 79.1 Å². The van der Waals surface area contributed by atoms with Crippen LogP contribution in [-0.2, 0) is 4.74 Å². The van der Waals surface area contributed by atoms with Gasteiger partial charge in [-0.2, -0.15) is 0 Å². The minimum absolute atomic E-state index is 0. The Labute approximate surface area is 231 Å². The van der Waals surface area contributed by atoms with Gasteiger partial charge in [-0.25, -0.2) is 4.39 Å². The predicted molar refractivity (Wildman–Crippen MR) is 161 cm³/mol. The minimum atomic E-state index is -0.223. The summed E-state index contributed by atoms with van der Waals surface area (Å²) >= 11 is 0. The van der Waals surface area contributed by atoms with Gasteiger partial charge in [0.25, 0.3) is 0 Å². The third-order valence-electron chi connectivity index (χ3n) is 8.41. The highest BCUT2D eigenvalue weighted by Gasteiger charge is 2.28. The topological polar surface area (TPSA) is 36.5 Å². The van der Waals surface area contributed by atoms with Crippen molar-refractivity contribution < 1.29 is 10.6 Å². The first-order chi connectivity index (χ1) is 18.6. The molecule has 2 aromatic carbocycles. The van der Waals surface area contributed by atoms with Crippen LogP contribution in [0.5, 0.6) is 0 Å². The van der Waals surface area contributed by atoms with E-state index in [2.05, 4.69) is 40.7 Å². The predicted octanol–water partition coefficient (Wildman–Crippen LogP) is 8.62. The third-order valence-corrected chi connectivity index (χ3v) is 8.41. The Balaban J connectivity index is 0.00000137. The summed E-state index contributed by atoms with van der Waals surface area (Å²) in [4.78, 5) is 2.70. The van der Waals surface area contributed by atoms with Crippen LogP contribution < -0.4 is 10.6 Å². The molecule has 5 heteroatoms. The molecule has 0 atom stereocenters. The normalized spacial score (nSPS) is 20.6. The summed E-state index contributed by atoms with van der Waals surface area (Å²) in [5.74, 6) is 1.39. The molecular weight excluding hydrogens is 473 g/mol. The SMILES string of the molecule is CC.Cc1ccc(F)c(NCOCCC2CCC(CCN3CCCC4=C3c3cc(C)ccc3NC4)CC2)c1.[HH]. The van der Waals surface area contributed by atoms with Gasteiger partial charge < -0.3 is 20.3 Å². The Morgan fingerprint density at radius 2 is 1.71 bits per heavy atom. The quantitative estimate of drug-likeness (QED) is 0.255. The molecule has 0 amide bonds. The summed E-state index contributed by atoms with van der Waals surface area (Å²) in [6, 6.07) is 12.0. The van der Waals surface area contributed by atoms with Crippen LogP contribution in [0.4, 0.5) is 15.8 Å². The highest BCUT2D eigenvalue weighted by Crippen LogP contribution is 2.39. The van der Waals surface area contributed by atoms with Gasteiger partial charge in [-0.15, -0.1) is 0 Å². The first-order valence-electron chi connectivity index (χ1n) is 15.0. The zero-order valence-corrected chi connectivity index (χ0v) is 24.0. The van der Waals surface area contributed by atoms with Gasteiger partial charge in [-0.1, -0.05) is 57.2 Å². The summed E-state index contributed by atoms with van der Waals surface area (Å²) in [5.41, 5.74) is 8.76. The zero-order valence-electron chi connectivity index (χ0n) is 24.0. The van der Waals surface area contributed by atoms with Crippen LogP contribution in [0.1, 0.15) is 83.3 Å². The van der Waals surface area contributed by atoms with Gasteiger partial charge in [0.1, 0.15) is 12.5 Å². The summed E-state index contributed by atoms with van der Waals surface area (Å²) in [6.45, 7) is 12.7. The molecule has 4 nitrogen and oxygen atoms in total. The number of hydrogen-bond donors (Lipinski definition) is 2. The molecule has 1 aliphatic carbocycles. The number of fused-ring (bicyclic) bond motifs is 2. The molecule has 1 saturated carbocycles. The van der Waals surface area contributed by atoms with Crippen molar-refractivity contribution in [1.82, 2.24) is 4.90 Å². The molecule has 3 aliphatic rings. The van der Waals surface area contributed by atoms with Gasteiger partial charge in [0, 0.05) is 44.6 Å². The van der Waals surface area contributed by atoms with Crippen LogP contribution in [-0.4, -0.2) is 37.9 Å². The van der Waals surface area contributed by atoms with Crippen molar-refractivity contribution in [3.05, 3.63) is 64.5 Å². The van der Waals surface area contributed by atoms with Crippen molar-refractivity contribution in [2.75, 3.05) is 43.6 Å². The minimum Gasteiger partial charge on any atom is -0.381 e. The van der Waals surface area contributed by atoms with Crippen molar-refractivity contribution in [3.63, 3.8) is 0 Å². The van der Waals surface area contributed by atoms with E-state index < -0.39 is 0 Å². The number of rotatable bonds is 9. The third kappa shape index (κ3) is 7.31. The van der Waals surface area contributed by atoms with Crippen LogP contribution >= 0.6 is 0 Å². The van der Waals surface area contributed by atoms with E-state index in [0.29, 0.717) is 12.4 Å². The molecule has 2 aromatic rings. The second kappa shape index (κ2) is 14.0. The van der Waals surface area contributed by atoms with Gasteiger partial charge in [-0.05, 0) is 86.8 Å². The first-order valence-corrected chi connectivity index (χ1v) is 15.0. The lowest BCUT2D eigenvalue weighted by Gasteiger charge is -2.39. The average Bonchev–Trinajstić information content (AvgIpc) is 2.95. The van der Waals surface area contributed by atoms with Crippen molar-refractivity contribution in [2.24, 2.45) is 11.8 Å². The summed E-state index contributed by atoms with van der Waals surface area (Å²) < 4.78 is 19.6. The van der Waals surface area contributed by atoms with Gasteiger partial charge in [-0.3, -0.25) is 0 Å². The molecule has 0 aromatic heterocycles. The van der Waals surface area contributed by atoms with Crippen molar-refractivity contribution >= 4 is 17.1 Å². The standard InChI is InChI=1S/C31H42FN3O.C2H6.H2/c1-22-6-12-29-27(18-22)31-26(20-33-29)4-3-15-35(31)16-13-24-7-9-25(10-8-24)14-17-36-21-34-30-19-23(2)5-11-28(30)32;1-2;/h5-6,11-12,18-19,24-25,33-34H,3-4,7-10,13-17,20-21H2,1-2H3;1-2H3;1H. The van der Waals surface area contributed by atoms with E-state index in [4.69, 9.17) is 4.74 Å². The molecule has 38 heavy (non-hydrogen) atoms. The monoisotopic (exact) mass is 523 g/mol. The number of halogens is 1. The van der Waals surface area contributed by atoms with Crippen LogP contribution in [0, 0.1) is 31.5 Å². The highest BCUT2D eigenvalue weighted by atomic mass is 19.1. The average molecular weight is 524 g/mol. The van der Waals surface area contributed by atoms with Gasteiger partial charge in [0.15, 0.2) is 0 Å². The summed E-state index contributed by atoms with van der Waals surface area (Å²) in [5, 5.41) is 6.71. The Bertz CT molecular complexity index is 1080. The molecule has 0 saturated heterocycles. The van der Waals surface area contributed by atoms with E-state index >= 15 is 0 Å². The van der Waals surface area contributed by atoms with Crippen LogP contribution in [0.3, 0.4) is 0 Å². The Morgan fingerprint density at radius 3 is 2.50 bits per heavy atom. The van der Waals surface area contributed by atoms with E-state index in [1.807, 2.05) is 26.8 Å². The van der Waals surface area contributed by atoms with Crippen LogP contribution in [0.2, 0.25) is 0 Å². The van der Waals surface area contributed by atoms with Crippen LogP contribution in [0.25, 0.3) is 5.70 Å². The summed E-state index contributed by atoms with van der Waals surface area (Å²) in [7, 11) is 0. The maximum Gasteiger partial charge on any atom is 0.146 e. The molecule has 0 spiro atoms. The van der Waals surface area contributed by atoms with E-state index in [1.165, 1.54) is 86.6 Å². The maximum atomic E-state index is 13.8. The Morgan fingerprint density at radius 1 is 1.00 bits per heavy atom. The fourth-order valence-corrected chi connectivity index (χ4v) is 6.28. The lowest BCUT2D eigenvalue weighted by molar-refractivity contribution is 0.122. The molecule has 2 heterocycles. The number of hydrogen-bond acceptors (Lipinski definition) is 4. The summed E-state index contributed by atoms with van der Waals surface area (Å²) in [6.07, 6.45) is 10.2. The number of anilines is 2. The lowest BCUT2D eigenvalue weighted by Crippen LogP contribution is -2.34. The van der Waals surface area contributed by atoms with Crippen LogP contribution in [0.15, 0.2) is 42.0 Å². The van der Waals surface area contributed by atoms with Gasteiger partial charge in [0.2, 0.25) is 0 Å². The molecule has 0 radical (unpaired) electrons. The van der Waals surface area contributed by atoms with E-state index in [0.717, 1.165) is 37.0 Å². The number of nitrogens with zero attached hydrogens (tertiary/aromatic N) is 1. The number of ether oxygens (including phenoxy) is 1. The molecule has 1 fully saturated rings. The lowest BCUT2D eigenvalue weighted by atomic mass is 9.79. The molecule has 210 valence electrons.